The van der Waals surface area contributed by atoms with Gasteiger partial charge >= 0.3 is 0 Å². The molecule has 1 unspecified atom stereocenters. The Kier molecular flexibility index (Phi) is 5.58. The van der Waals surface area contributed by atoms with E-state index < -0.39 is 9.84 Å². The van der Waals surface area contributed by atoms with Crippen LogP contribution in [0.5, 0.6) is 0 Å². The highest BCUT2D eigenvalue weighted by molar-refractivity contribution is 9.10. The van der Waals surface area contributed by atoms with Gasteiger partial charge in [0.15, 0.2) is 9.84 Å². The summed E-state index contributed by atoms with van der Waals surface area (Å²) in [5.41, 5.74) is 0. The average molecular weight is 322 g/mol. The summed E-state index contributed by atoms with van der Waals surface area (Å²) in [6, 6.07) is 6.43. The first kappa shape index (κ1) is 14.6. The van der Waals surface area contributed by atoms with Gasteiger partial charge in [-0.3, -0.25) is 0 Å². The van der Waals surface area contributed by atoms with Gasteiger partial charge in [0.25, 0.3) is 0 Å². The number of benzene rings is 1. The summed E-state index contributed by atoms with van der Waals surface area (Å²) in [5.74, 6) is 0.0268. The zero-order chi connectivity index (χ0) is 12.9. The lowest BCUT2D eigenvalue weighted by atomic mass is 10.4. The molecule has 6 heteroatoms. The smallest absolute Gasteiger partial charge is 0.179 e. The quantitative estimate of drug-likeness (QED) is 0.861. The third-order valence-corrected chi connectivity index (χ3v) is 4.73. The standard InChI is InChI=1S/C11H16BrNO3S/c1-13-10(7-16-2)8-17(14,15)11-5-3-9(12)4-6-11/h3-6,10,13H,7-8H2,1-2H3. The summed E-state index contributed by atoms with van der Waals surface area (Å²) in [6.07, 6.45) is 0. The molecule has 4 nitrogen and oxygen atoms in total. The van der Waals surface area contributed by atoms with Crippen LogP contribution in [0, 0.1) is 0 Å². The number of rotatable bonds is 6. The maximum absolute atomic E-state index is 12.1. The van der Waals surface area contributed by atoms with Gasteiger partial charge in [0.1, 0.15) is 0 Å². The van der Waals surface area contributed by atoms with Gasteiger partial charge in [-0.1, -0.05) is 15.9 Å². The van der Waals surface area contributed by atoms with Crippen molar-refractivity contribution >= 4 is 25.8 Å². The highest BCUT2D eigenvalue weighted by Crippen LogP contribution is 2.16. The number of hydrogen-bond donors (Lipinski definition) is 1. The molecule has 1 rings (SSSR count). The molecular weight excluding hydrogens is 306 g/mol. The number of sulfone groups is 1. The normalized spacial score (nSPS) is 13.6. The number of hydrogen-bond acceptors (Lipinski definition) is 4. The van der Waals surface area contributed by atoms with Gasteiger partial charge in [-0.05, 0) is 31.3 Å². The van der Waals surface area contributed by atoms with Crippen LogP contribution in [0.25, 0.3) is 0 Å². The van der Waals surface area contributed by atoms with Gasteiger partial charge in [-0.2, -0.15) is 0 Å². The van der Waals surface area contributed by atoms with Crippen molar-refractivity contribution in [2.24, 2.45) is 0 Å². The van der Waals surface area contributed by atoms with Crippen LogP contribution in [0.3, 0.4) is 0 Å². The van der Waals surface area contributed by atoms with Crippen LogP contribution in [-0.2, 0) is 14.6 Å². The van der Waals surface area contributed by atoms with Gasteiger partial charge in [-0.25, -0.2) is 8.42 Å². The molecule has 0 fully saturated rings. The fraction of sp³-hybridized carbons (Fsp3) is 0.455. The third kappa shape index (κ3) is 4.39. The highest BCUT2D eigenvalue weighted by atomic mass is 79.9. The van der Waals surface area contributed by atoms with Crippen molar-refractivity contribution in [3.63, 3.8) is 0 Å². The van der Waals surface area contributed by atoms with E-state index in [1.54, 1.807) is 38.4 Å². The zero-order valence-corrected chi connectivity index (χ0v) is 12.2. The molecule has 0 radical (unpaired) electrons. The van der Waals surface area contributed by atoms with Crippen LogP contribution < -0.4 is 5.32 Å². The van der Waals surface area contributed by atoms with Crippen LogP contribution in [0.1, 0.15) is 0 Å². The van der Waals surface area contributed by atoms with E-state index in [0.29, 0.717) is 11.5 Å². The second-order valence-corrected chi connectivity index (χ2v) is 6.63. The van der Waals surface area contributed by atoms with Crippen LogP contribution in [0.4, 0.5) is 0 Å². The number of methoxy groups -OCH3 is 1. The Morgan fingerprint density at radius 3 is 2.41 bits per heavy atom. The Morgan fingerprint density at radius 1 is 1.35 bits per heavy atom. The van der Waals surface area contributed by atoms with E-state index in [-0.39, 0.29) is 11.8 Å². The molecule has 0 aliphatic carbocycles. The van der Waals surface area contributed by atoms with Gasteiger partial charge in [0, 0.05) is 17.6 Å². The van der Waals surface area contributed by atoms with Crippen LogP contribution in [0.2, 0.25) is 0 Å². The maximum atomic E-state index is 12.1. The molecule has 0 heterocycles. The molecule has 96 valence electrons. The first-order valence-electron chi connectivity index (χ1n) is 5.14. The lowest BCUT2D eigenvalue weighted by molar-refractivity contribution is 0.176. The Labute approximate surface area is 110 Å². The Morgan fingerprint density at radius 2 is 1.94 bits per heavy atom. The molecule has 17 heavy (non-hydrogen) atoms. The van der Waals surface area contributed by atoms with E-state index in [2.05, 4.69) is 21.2 Å². The summed E-state index contributed by atoms with van der Waals surface area (Å²) in [5, 5.41) is 2.93. The first-order chi connectivity index (χ1) is 7.99. The topological polar surface area (TPSA) is 55.4 Å². The molecule has 0 amide bonds. The van der Waals surface area contributed by atoms with E-state index in [4.69, 9.17) is 4.74 Å². The van der Waals surface area contributed by atoms with Crippen molar-refractivity contribution in [1.82, 2.24) is 5.32 Å². The summed E-state index contributed by atoms with van der Waals surface area (Å²) >= 11 is 3.27. The second kappa shape index (κ2) is 6.49. The van der Waals surface area contributed by atoms with Gasteiger partial charge in [-0.15, -0.1) is 0 Å². The molecule has 0 spiro atoms. The number of halogens is 1. The van der Waals surface area contributed by atoms with Crippen LogP contribution in [-0.4, -0.2) is 41.0 Å². The number of nitrogens with one attached hydrogen (secondary N) is 1. The van der Waals surface area contributed by atoms with Crippen LogP contribution >= 0.6 is 15.9 Å². The molecule has 0 aliphatic rings. The Hall–Kier alpha value is -0.430. The molecule has 1 N–H and O–H groups in total. The monoisotopic (exact) mass is 321 g/mol. The minimum Gasteiger partial charge on any atom is -0.383 e. The summed E-state index contributed by atoms with van der Waals surface area (Å²) < 4.78 is 30.0. The molecule has 0 saturated carbocycles. The average Bonchev–Trinajstić information content (AvgIpc) is 2.28. The number of ether oxygens (including phenoxy) is 1. The van der Waals surface area contributed by atoms with E-state index in [9.17, 15) is 8.42 Å². The van der Waals surface area contributed by atoms with Crippen molar-refractivity contribution in [3.8, 4) is 0 Å². The van der Waals surface area contributed by atoms with Crippen LogP contribution in [0.15, 0.2) is 33.6 Å². The van der Waals surface area contributed by atoms with Crippen molar-refractivity contribution in [2.75, 3.05) is 26.5 Å². The van der Waals surface area contributed by atoms with E-state index in [1.807, 2.05) is 0 Å². The fourth-order valence-electron chi connectivity index (χ4n) is 1.42. The maximum Gasteiger partial charge on any atom is 0.179 e. The van der Waals surface area contributed by atoms with Gasteiger partial charge in [0.05, 0.1) is 17.3 Å². The summed E-state index contributed by atoms with van der Waals surface area (Å²) in [7, 11) is 0.00129. The van der Waals surface area contributed by atoms with Gasteiger partial charge < -0.3 is 10.1 Å². The molecule has 1 aromatic carbocycles. The highest BCUT2D eigenvalue weighted by Gasteiger charge is 2.20. The molecule has 0 saturated heterocycles. The first-order valence-corrected chi connectivity index (χ1v) is 7.58. The molecule has 1 atom stereocenters. The molecular formula is C11H16BrNO3S. The lowest BCUT2D eigenvalue weighted by Gasteiger charge is -2.15. The van der Waals surface area contributed by atoms with Crippen molar-refractivity contribution in [1.29, 1.82) is 0 Å². The molecule has 1 aromatic rings. The fourth-order valence-corrected chi connectivity index (χ4v) is 3.22. The third-order valence-electron chi connectivity index (χ3n) is 2.37. The molecule has 0 aromatic heterocycles. The summed E-state index contributed by atoms with van der Waals surface area (Å²) in [4.78, 5) is 0.331. The Bertz CT molecular complexity index is 444. The number of likely N-dealkylation sites (N-methyl/N-ethyl adjacent to an activating group) is 1. The minimum atomic E-state index is -3.27. The SMILES string of the molecule is CNC(COC)CS(=O)(=O)c1ccc(Br)cc1. The predicted molar refractivity (Wildman–Crippen MR) is 70.9 cm³/mol. The Balaban J connectivity index is 2.84. The van der Waals surface area contributed by atoms with Crippen molar-refractivity contribution in [3.05, 3.63) is 28.7 Å². The van der Waals surface area contributed by atoms with E-state index in [0.717, 1.165) is 4.47 Å². The van der Waals surface area contributed by atoms with E-state index >= 15 is 0 Å². The largest absolute Gasteiger partial charge is 0.383 e. The van der Waals surface area contributed by atoms with Gasteiger partial charge in [0.2, 0.25) is 0 Å². The predicted octanol–water partition coefficient (Wildman–Crippen LogP) is 1.46. The van der Waals surface area contributed by atoms with Crippen molar-refractivity contribution in [2.45, 2.75) is 10.9 Å². The minimum absolute atomic E-state index is 0.0268. The second-order valence-electron chi connectivity index (χ2n) is 3.68. The summed E-state index contributed by atoms with van der Waals surface area (Å²) in [6.45, 7) is 0.367. The van der Waals surface area contributed by atoms with Crippen molar-refractivity contribution < 1.29 is 13.2 Å². The zero-order valence-electron chi connectivity index (χ0n) is 9.81. The van der Waals surface area contributed by atoms with E-state index in [1.165, 1.54) is 0 Å². The molecule has 0 aliphatic heterocycles. The molecule has 0 bridgehead atoms. The lowest BCUT2D eigenvalue weighted by Crippen LogP contribution is -2.36.